The molecule has 1 aliphatic heterocycles. The smallest absolute Gasteiger partial charge is 0.169 e. The number of hydrogen-bond acceptors (Lipinski definition) is 2. The van der Waals surface area contributed by atoms with Crippen molar-refractivity contribution < 1.29 is 4.79 Å². The molecule has 1 heterocycles. The number of allylic oxidation sites excluding steroid dienone is 2. The Hall–Kier alpha value is -0.240. The van der Waals surface area contributed by atoms with Gasteiger partial charge in [-0.2, -0.15) is 0 Å². The van der Waals surface area contributed by atoms with E-state index in [0.717, 1.165) is 0 Å². The first kappa shape index (κ1) is 8.85. The highest BCUT2D eigenvalue weighted by Crippen LogP contribution is 2.41. The average Bonchev–Trinajstić information content (AvgIpc) is 2.11. The van der Waals surface area contributed by atoms with E-state index in [0.29, 0.717) is 0 Å². The third-order valence-corrected chi connectivity index (χ3v) is 3.29. The van der Waals surface area contributed by atoms with Crippen LogP contribution in [-0.2, 0) is 4.79 Å². The van der Waals surface area contributed by atoms with Gasteiger partial charge in [0, 0.05) is 0 Å². The lowest BCUT2D eigenvalue weighted by Gasteiger charge is -2.19. The summed E-state index contributed by atoms with van der Waals surface area (Å²) in [6.45, 7) is 8.37. The lowest BCUT2D eigenvalue weighted by atomic mass is 9.95. The quantitative estimate of drug-likeness (QED) is 0.556. The molecular formula is C9H14OS. The van der Waals surface area contributed by atoms with Crippen molar-refractivity contribution in [2.24, 2.45) is 5.41 Å². The van der Waals surface area contributed by atoms with Crippen molar-refractivity contribution in [3.63, 3.8) is 0 Å². The van der Waals surface area contributed by atoms with Crippen LogP contribution in [0, 0.1) is 5.41 Å². The van der Waals surface area contributed by atoms with Crippen molar-refractivity contribution in [1.29, 1.82) is 0 Å². The lowest BCUT2D eigenvalue weighted by molar-refractivity contribution is -0.113. The molecule has 0 saturated heterocycles. The van der Waals surface area contributed by atoms with E-state index < -0.39 is 0 Å². The fourth-order valence-corrected chi connectivity index (χ4v) is 2.03. The van der Waals surface area contributed by atoms with Crippen LogP contribution in [0.2, 0.25) is 0 Å². The van der Waals surface area contributed by atoms with Gasteiger partial charge in [0.05, 0.1) is 5.25 Å². The molecule has 0 aliphatic carbocycles. The summed E-state index contributed by atoms with van der Waals surface area (Å²) in [6, 6.07) is 0. The molecule has 0 spiro atoms. The van der Waals surface area contributed by atoms with Gasteiger partial charge in [-0.15, -0.1) is 11.8 Å². The zero-order chi connectivity index (χ0) is 8.65. The highest BCUT2D eigenvalue weighted by molar-refractivity contribution is 8.04. The van der Waals surface area contributed by atoms with E-state index in [-0.39, 0.29) is 16.4 Å². The predicted octanol–water partition coefficient (Wildman–Crippen LogP) is 2.62. The topological polar surface area (TPSA) is 17.1 Å². The van der Waals surface area contributed by atoms with Crippen molar-refractivity contribution in [2.75, 3.05) is 0 Å². The molecular weight excluding hydrogens is 156 g/mol. The summed E-state index contributed by atoms with van der Waals surface area (Å²) in [4.78, 5) is 12.4. The monoisotopic (exact) mass is 170 g/mol. The summed E-state index contributed by atoms with van der Waals surface area (Å²) >= 11 is 1.69. The molecule has 0 fully saturated rings. The van der Waals surface area contributed by atoms with Gasteiger partial charge in [-0.3, -0.25) is 4.79 Å². The normalized spacial score (nSPS) is 25.6. The predicted molar refractivity (Wildman–Crippen MR) is 49.6 cm³/mol. The first-order valence-corrected chi connectivity index (χ1v) is 4.72. The standard InChI is InChI=1S/C9H14OS/c1-6-7(10)5-8(11-6)9(2,3)4/h5-6H,1-4H3. The Morgan fingerprint density at radius 1 is 1.45 bits per heavy atom. The molecule has 0 radical (unpaired) electrons. The second-order valence-electron chi connectivity index (χ2n) is 3.92. The van der Waals surface area contributed by atoms with Gasteiger partial charge in [-0.25, -0.2) is 0 Å². The zero-order valence-corrected chi connectivity index (χ0v) is 8.29. The van der Waals surface area contributed by atoms with E-state index in [9.17, 15) is 4.79 Å². The molecule has 0 aromatic heterocycles. The van der Waals surface area contributed by atoms with Gasteiger partial charge in [0.2, 0.25) is 0 Å². The van der Waals surface area contributed by atoms with Crippen molar-refractivity contribution >= 4 is 17.5 Å². The van der Waals surface area contributed by atoms with Crippen LogP contribution in [0.5, 0.6) is 0 Å². The third kappa shape index (κ3) is 1.86. The molecule has 0 saturated carbocycles. The Morgan fingerprint density at radius 2 is 2.00 bits per heavy atom. The van der Waals surface area contributed by atoms with Crippen LogP contribution in [-0.4, -0.2) is 11.0 Å². The Labute approximate surface area is 72.2 Å². The molecule has 1 unspecified atom stereocenters. The molecule has 62 valence electrons. The van der Waals surface area contributed by atoms with Gasteiger partial charge in [-0.05, 0) is 23.3 Å². The first-order chi connectivity index (χ1) is 4.91. The minimum atomic E-state index is 0.143. The van der Waals surface area contributed by atoms with Crippen LogP contribution in [0.4, 0.5) is 0 Å². The molecule has 0 amide bonds. The highest BCUT2D eigenvalue weighted by atomic mass is 32.2. The molecule has 1 atom stereocenters. The van der Waals surface area contributed by atoms with E-state index in [2.05, 4.69) is 20.8 Å². The molecule has 0 bridgehead atoms. The highest BCUT2D eigenvalue weighted by Gasteiger charge is 2.28. The minimum Gasteiger partial charge on any atom is -0.294 e. The maximum Gasteiger partial charge on any atom is 0.169 e. The van der Waals surface area contributed by atoms with Gasteiger partial charge in [-0.1, -0.05) is 20.8 Å². The maximum absolute atomic E-state index is 11.1. The van der Waals surface area contributed by atoms with Crippen LogP contribution < -0.4 is 0 Å². The minimum absolute atomic E-state index is 0.143. The summed E-state index contributed by atoms with van der Waals surface area (Å²) in [7, 11) is 0. The number of carbonyl (C=O) groups is 1. The van der Waals surface area contributed by atoms with Crippen molar-refractivity contribution in [3.05, 3.63) is 11.0 Å². The van der Waals surface area contributed by atoms with E-state index in [4.69, 9.17) is 0 Å². The summed E-state index contributed by atoms with van der Waals surface area (Å²) < 4.78 is 0. The molecule has 0 aromatic carbocycles. The molecule has 0 aromatic rings. The van der Waals surface area contributed by atoms with Crippen LogP contribution in [0.25, 0.3) is 0 Å². The van der Waals surface area contributed by atoms with Crippen molar-refractivity contribution in [3.8, 4) is 0 Å². The van der Waals surface area contributed by atoms with Gasteiger partial charge in [0.1, 0.15) is 0 Å². The fourth-order valence-electron chi connectivity index (χ4n) is 0.922. The summed E-state index contributed by atoms with van der Waals surface area (Å²) in [5.41, 5.74) is 0.144. The number of rotatable bonds is 0. The Balaban J connectivity index is 2.80. The second-order valence-corrected chi connectivity index (χ2v) is 5.30. The van der Waals surface area contributed by atoms with Gasteiger partial charge in [0.15, 0.2) is 5.78 Å². The molecule has 2 heteroatoms. The van der Waals surface area contributed by atoms with Gasteiger partial charge < -0.3 is 0 Å². The van der Waals surface area contributed by atoms with Crippen LogP contribution >= 0.6 is 11.8 Å². The van der Waals surface area contributed by atoms with Crippen LogP contribution in [0.1, 0.15) is 27.7 Å². The number of thioether (sulfide) groups is 1. The van der Waals surface area contributed by atoms with E-state index in [1.165, 1.54) is 4.91 Å². The van der Waals surface area contributed by atoms with Gasteiger partial charge in [0.25, 0.3) is 0 Å². The number of hydrogen-bond donors (Lipinski definition) is 0. The second kappa shape index (κ2) is 2.67. The lowest BCUT2D eigenvalue weighted by Crippen LogP contribution is -2.05. The molecule has 11 heavy (non-hydrogen) atoms. The largest absolute Gasteiger partial charge is 0.294 e. The number of carbonyl (C=O) groups excluding carboxylic acids is 1. The molecule has 1 aliphatic rings. The van der Waals surface area contributed by atoms with E-state index in [1.807, 2.05) is 6.92 Å². The molecule has 0 N–H and O–H groups in total. The molecule has 1 nitrogen and oxygen atoms in total. The molecule has 1 rings (SSSR count). The summed E-state index contributed by atoms with van der Waals surface area (Å²) in [6.07, 6.45) is 1.79. The third-order valence-electron chi connectivity index (χ3n) is 1.72. The Morgan fingerprint density at radius 3 is 2.18 bits per heavy atom. The van der Waals surface area contributed by atoms with Crippen molar-refractivity contribution in [2.45, 2.75) is 32.9 Å². The summed E-state index contributed by atoms with van der Waals surface area (Å²) in [5.74, 6) is 0.264. The van der Waals surface area contributed by atoms with Crippen LogP contribution in [0.15, 0.2) is 11.0 Å². The zero-order valence-electron chi connectivity index (χ0n) is 7.47. The first-order valence-electron chi connectivity index (χ1n) is 3.84. The van der Waals surface area contributed by atoms with Crippen molar-refractivity contribution in [1.82, 2.24) is 0 Å². The van der Waals surface area contributed by atoms with Gasteiger partial charge >= 0.3 is 0 Å². The fraction of sp³-hybridized carbons (Fsp3) is 0.667. The van der Waals surface area contributed by atoms with Crippen LogP contribution in [0.3, 0.4) is 0 Å². The Kier molecular flexibility index (Phi) is 2.15. The number of ketones is 1. The van der Waals surface area contributed by atoms with E-state index >= 15 is 0 Å². The SMILES string of the molecule is CC1SC(C(C)(C)C)=CC1=O. The average molecular weight is 170 g/mol. The Bertz CT molecular complexity index is 210. The summed E-state index contributed by atoms with van der Waals surface area (Å²) in [5, 5.41) is 0.143. The maximum atomic E-state index is 11.1. The van der Waals surface area contributed by atoms with E-state index in [1.54, 1.807) is 17.8 Å².